The van der Waals surface area contributed by atoms with Crippen molar-refractivity contribution in [2.75, 3.05) is 6.61 Å². The molecule has 0 aromatic carbocycles. The van der Waals surface area contributed by atoms with Gasteiger partial charge in [-0.1, -0.05) is 55.4 Å². The first-order valence-corrected chi connectivity index (χ1v) is 7.77. The number of nitrogens with zero attached hydrogens (tertiary/aromatic N) is 3. The molecule has 0 bridgehead atoms. The summed E-state index contributed by atoms with van der Waals surface area (Å²) in [5, 5.41) is 8.74. The maximum Gasteiger partial charge on any atom is 0.479 e. The van der Waals surface area contributed by atoms with Gasteiger partial charge in [0.05, 0.1) is 12.5 Å². The molecule has 0 N–H and O–H groups in total. The van der Waals surface area contributed by atoms with Crippen LogP contribution in [0.25, 0.3) is 0 Å². The van der Waals surface area contributed by atoms with Crippen molar-refractivity contribution in [2.24, 2.45) is 0 Å². The Labute approximate surface area is 126 Å². The molecule has 0 radical (unpaired) electrons. The van der Waals surface area contributed by atoms with Gasteiger partial charge < -0.3 is 4.65 Å². The number of hydrogen-bond acceptors (Lipinski definition) is 4. The molecule has 0 aromatic rings. The fraction of sp³-hybridized carbons (Fsp3) is 0.933. The van der Waals surface area contributed by atoms with Gasteiger partial charge in [-0.25, -0.2) is 0 Å². The summed E-state index contributed by atoms with van der Waals surface area (Å²) in [5.41, 5.74) is 0. The predicted molar refractivity (Wildman–Crippen MR) is 86.2 cm³/mol. The van der Waals surface area contributed by atoms with Crippen molar-refractivity contribution >= 4 is 7.19 Å². The summed E-state index contributed by atoms with van der Waals surface area (Å²) in [6, 6.07) is 3.72. The maximum absolute atomic E-state index is 8.74. The minimum Gasteiger partial charge on any atom is -0.407 e. The summed E-state index contributed by atoms with van der Waals surface area (Å²) in [6.45, 7) is 18.0. The smallest absolute Gasteiger partial charge is 0.407 e. The zero-order valence-electron chi connectivity index (χ0n) is 14.6. The molecule has 0 fully saturated rings. The topological polar surface area (TPSA) is 39.5 Å². The lowest BCUT2D eigenvalue weighted by molar-refractivity contribution is 0.136. The standard InChI is InChI=1S/C15H32BN3O/c1-12(2)18(13(3)4)16(20-11-9-10-17)19(14(5)6)15(7)8/h12-15H,9,11H2,1-8H3. The molecular formula is C15H32BN3O. The van der Waals surface area contributed by atoms with E-state index in [0.29, 0.717) is 37.2 Å². The van der Waals surface area contributed by atoms with Crippen LogP contribution in [-0.4, -0.2) is 47.6 Å². The van der Waals surface area contributed by atoms with Crippen LogP contribution in [0.2, 0.25) is 0 Å². The van der Waals surface area contributed by atoms with Crippen LogP contribution in [0.1, 0.15) is 61.8 Å². The van der Waals surface area contributed by atoms with Crippen LogP contribution in [0.3, 0.4) is 0 Å². The highest BCUT2D eigenvalue weighted by atomic mass is 16.5. The van der Waals surface area contributed by atoms with Crippen LogP contribution in [0.4, 0.5) is 0 Å². The molecule has 0 heterocycles. The van der Waals surface area contributed by atoms with Crippen molar-refractivity contribution in [1.29, 1.82) is 5.26 Å². The molecule has 20 heavy (non-hydrogen) atoms. The zero-order chi connectivity index (χ0) is 15.9. The first-order valence-electron chi connectivity index (χ1n) is 7.77. The Balaban J connectivity index is 5.26. The molecule has 0 rings (SSSR count). The third-order valence-electron chi connectivity index (χ3n) is 3.38. The quantitative estimate of drug-likeness (QED) is 0.481. The third-order valence-corrected chi connectivity index (χ3v) is 3.38. The lowest BCUT2D eigenvalue weighted by Crippen LogP contribution is -2.63. The monoisotopic (exact) mass is 281 g/mol. The highest BCUT2D eigenvalue weighted by Gasteiger charge is 2.38. The molecule has 5 heteroatoms. The molecular weight excluding hydrogens is 249 g/mol. The van der Waals surface area contributed by atoms with Crippen molar-refractivity contribution in [1.82, 2.24) is 9.62 Å². The molecule has 116 valence electrons. The molecule has 0 aliphatic heterocycles. The zero-order valence-corrected chi connectivity index (χ0v) is 14.6. The fourth-order valence-electron chi connectivity index (χ4n) is 2.75. The van der Waals surface area contributed by atoms with Crippen molar-refractivity contribution in [3.8, 4) is 6.07 Å². The van der Waals surface area contributed by atoms with Crippen LogP contribution in [0.15, 0.2) is 0 Å². The van der Waals surface area contributed by atoms with Crippen LogP contribution >= 0.6 is 0 Å². The number of nitriles is 1. The number of hydrogen-bond donors (Lipinski definition) is 0. The van der Waals surface area contributed by atoms with Crippen LogP contribution in [0.5, 0.6) is 0 Å². The summed E-state index contributed by atoms with van der Waals surface area (Å²) in [7, 11) is -0.0802. The molecule has 0 saturated heterocycles. The van der Waals surface area contributed by atoms with E-state index in [1.54, 1.807) is 0 Å². The Kier molecular flexibility index (Phi) is 9.12. The van der Waals surface area contributed by atoms with E-state index < -0.39 is 0 Å². The van der Waals surface area contributed by atoms with Crippen molar-refractivity contribution < 1.29 is 4.65 Å². The summed E-state index contributed by atoms with van der Waals surface area (Å²) >= 11 is 0. The first kappa shape index (κ1) is 19.4. The first-order chi connectivity index (χ1) is 9.23. The van der Waals surface area contributed by atoms with Crippen molar-refractivity contribution in [3.63, 3.8) is 0 Å². The molecule has 0 aromatic heterocycles. The minimum absolute atomic E-state index is 0.0802. The molecule has 0 amide bonds. The van der Waals surface area contributed by atoms with E-state index in [2.05, 4.69) is 71.1 Å². The van der Waals surface area contributed by atoms with E-state index in [0.717, 1.165) is 0 Å². The van der Waals surface area contributed by atoms with Gasteiger partial charge in [-0.05, 0) is 24.2 Å². The van der Waals surface area contributed by atoms with Gasteiger partial charge >= 0.3 is 7.19 Å². The second-order valence-corrected chi connectivity index (χ2v) is 6.37. The lowest BCUT2D eigenvalue weighted by atomic mass is 9.85. The second-order valence-electron chi connectivity index (χ2n) is 6.37. The van der Waals surface area contributed by atoms with E-state index >= 15 is 0 Å². The number of rotatable bonds is 9. The van der Waals surface area contributed by atoms with Crippen molar-refractivity contribution in [2.45, 2.75) is 86.0 Å². The Morgan fingerprint density at radius 1 is 0.850 bits per heavy atom. The van der Waals surface area contributed by atoms with Crippen LogP contribution in [0, 0.1) is 11.3 Å². The van der Waals surface area contributed by atoms with Crippen LogP contribution < -0.4 is 0 Å². The molecule has 0 atom stereocenters. The second kappa shape index (κ2) is 9.39. The van der Waals surface area contributed by atoms with E-state index in [4.69, 9.17) is 9.92 Å². The Bertz CT molecular complexity index is 264. The highest BCUT2D eigenvalue weighted by molar-refractivity contribution is 6.45. The van der Waals surface area contributed by atoms with Gasteiger partial charge in [0, 0.05) is 6.61 Å². The Hall–Kier alpha value is -0.565. The van der Waals surface area contributed by atoms with Gasteiger partial charge in [0.25, 0.3) is 0 Å². The summed E-state index contributed by atoms with van der Waals surface area (Å²) in [4.78, 5) is 4.74. The van der Waals surface area contributed by atoms with Gasteiger partial charge in [-0.2, -0.15) is 5.26 Å². The molecule has 0 aliphatic rings. The molecule has 0 spiro atoms. The van der Waals surface area contributed by atoms with Gasteiger partial charge in [0.2, 0.25) is 0 Å². The van der Waals surface area contributed by atoms with Gasteiger partial charge in [0.15, 0.2) is 0 Å². The SMILES string of the molecule is CC(C)N(B(OCCC#N)N(C(C)C)C(C)C)C(C)C. The highest BCUT2D eigenvalue weighted by Crippen LogP contribution is 2.18. The maximum atomic E-state index is 8.74. The fourth-order valence-corrected chi connectivity index (χ4v) is 2.75. The third kappa shape index (κ3) is 5.82. The Morgan fingerprint density at radius 3 is 1.45 bits per heavy atom. The van der Waals surface area contributed by atoms with E-state index in [1.807, 2.05) is 0 Å². The van der Waals surface area contributed by atoms with E-state index in [9.17, 15) is 0 Å². The largest absolute Gasteiger partial charge is 0.479 e. The molecule has 0 aliphatic carbocycles. The minimum atomic E-state index is -0.0802. The average Bonchev–Trinajstić information content (AvgIpc) is 2.26. The molecule has 4 nitrogen and oxygen atoms in total. The van der Waals surface area contributed by atoms with Gasteiger partial charge in [0.1, 0.15) is 0 Å². The van der Waals surface area contributed by atoms with Crippen LogP contribution in [-0.2, 0) is 4.65 Å². The molecule has 0 saturated carbocycles. The predicted octanol–water partition coefficient (Wildman–Crippen LogP) is 3.14. The summed E-state index contributed by atoms with van der Waals surface area (Å²) in [5.74, 6) is 0. The summed E-state index contributed by atoms with van der Waals surface area (Å²) < 4.78 is 6.08. The van der Waals surface area contributed by atoms with Crippen molar-refractivity contribution in [3.05, 3.63) is 0 Å². The average molecular weight is 281 g/mol. The van der Waals surface area contributed by atoms with Gasteiger partial charge in [-0.15, -0.1) is 0 Å². The normalized spacial score (nSPS) is 12.2. The van der Waals surface area contributed by atoms with E-state index in [1.165, 1.54) is 0 Å². The summed E-state index contributed by atoms with van der Waals surface area (Å²) in [6.07, 6.45) is 0.435. The lowest BCUT2D eigenvalue weighted by Gasteiger charge is -2.43. The Morgan fingerprint density at radius 2 is 1.20 bits per heavy atom. The van der Waals surface area contributed by atoms with Gasteiger partial charge in [-0.3, -0.25) is 9.62 Å². The van der Waals surface area contributed by atoms with E-state index in [-0.39, 0.29) is 7.19 Å². The molecule has 0 unspecified atom stereocenters.